The molecule has 2 fully saturated rings. The third kappa shape index (κ3) is 3.23. The number of ether oxygens (including phenoxy) is 2. The van der Waals surface area contributed by atoms with Crippen molar-refractivity contribution in [1.82, 2.24) is 0 Å². The first-order chi connectivity index (χ1) is 10.7. The second kappa shape index (κ2) is 6.88. The summed E-state index contributed by atoms with van der Waals surface area (Å²) in [6.07, 6.45) is 5.76. The summed E-state index contributed by atoms with van der Waals surface area (Å²) in [6, 6.07) is 5.94. The van der Waals surface area contributed by atoms with E-state index in [2.05, 4.69) is 6.07 Å². The van der Waals surface area contributed by atoms with Crippen molar-refractivity contribution in [3.8, 4) is 0 Å². The van der Waals surface area contributed by atoms with E-state index < -0.39 is 0 Å². The molecular weight excluding hydrogens is 302 g/mol. The minimum atomic E-state index is -0.330. The summed E-state index contributed by atoms with van der Waals surface area (Å²) in [7, 11) is 1.60. The first-order valence-electron chi connectivity index (χ1n) is 7.95. The van der Waals surface area contributed by atoms with Crippen LogP contribution in [0.1, 0.15) is 43.6 Å². The molecule has 0 spiro atoms. The number of methoxy groups -OCH3 is 1. The highest BCUT2D eigenvalue weighted by Crippen LogP contribution is 2.38. The predicted octanol–water partition coefficient (Wildman–Crippen LogP) is 4.36. The van der Waals surface area contributed by atoms with E-state index in [1.165, 1.54) is 37.7 Å². The number of carbonyl (C=O) groups excluding carboxylic acids is 1. The van der Waals surface area contributed by atoms with Crippen molar-refractivity contribution >= 4 is 23.4 Å². The molecule has 4 nitrogen and oxygen atoms in total. The van der Waals surface area contributed by atoms with E-state index in [1.54, 1.807) is 12.0 Å². The number of hydrogen-bond acceptors (Lipinski definition) is 3. The number of rotatable bonds is 4. The third-order valence-electron chi connectivity index (χ3n) is 4.57. The van der Waals surface area contributed by atoms with E-state index >= 15 is 0 Å². The second-order valence-electron chi connectivity index (χ2n) is 6.11. The van der Waals surface area contributed by atoms with Gasteiger partial charge in [0.15, 0.2) is 0 Å². The molecule has 1 saturated heterocycles. The fourth-order valence-electron chi connectivity index (χ4n) is 3.43. The number of carbonyl (C=O) groups is 1. The van der Waals surface area contributed by atoms with Crippen LogP contribution in [0.4, 0.5) is 10.5 Å². The van der Waals surface area contributed by atoms with E-state index in [0.717, 1.165) is 10.7 Å². The molecule has 3 rings (SSSR count). The van der Waals surface area contributed by atoms with Gasteiger partial charge in [0, 0.05) is 17.8 Å². The van der Waals surface area contributed by atoms with Crippen LogP contribution < -0.4 is 4.90 Å². The second-order valence-corrected chi connectivity index (χ2v) is 6.52. The van der Waals surface area contributed by atoms with Crippen LogP contribution in [0.2, 0.25) is 5.02 Å². The quantitative estimate of drug-likeness (QED) is 0.826. The van der Waals surface area contributed by atoms with Gasteiger partial charge in [-0.05, 0) is 36.5 Å². The minimum absolute atomic E-state index is 0.214. The summed E-state index contributed by atoms with van der Waals surface area (Å²) >= 11 is 6.48. The molecule has 0 N–H and O–H groups in total. The molecule has 22 heavy (non-hydrogen) atoms. The van der Waals surface area contributed by atoms with Gasteiger partial charge in [0.25, 0.3) is 0 Å². The fourth-order valence-corrected chi connectivity index (χ4v) is 3.76. The molecule has 1 unspecified atom stereocenters. The van der Waals surface area contributed by atoms with E-state index in [1.807, 2.05) is 12.1 Å². The Balaban J connectivity index is 1.75. The monoisotopic (exact) mass is 323 g/mol. The van der Waals surface area contributed by atoms with Crippen molar-refractivity contribution in [3.63, 3.8) is 0 Å². The van der Waals surface area contributed by atoms with Gasteiger partial charge in [-0.15, -0.1) is 0 Å². The largest absolute Gasteiger partial charge is 0.441 e. The highest BCUT2D eigenvalue weighted by Gasteiger charge is 2.32. The van der Waals surface area contributed by atoms with Crippen LogP contribution in [-0.4, -0.2) is 32.5 Å². The Morgan fingerprint density at radius 1 is 1.32 bits per heavy atom. The zero-order chi connectivity index (χ0) is 15.5. The highest BCUT2D eigenvalue weighted by atomic mass is 35.5. The van der Waals surface area contributed by atoms with E-state index in [9.17, 15) is 4.79 Å². The molecule has 1 amide bonds. The molecule has 0 radical (unpaired) electrons. The Labute approximate surface area is 136 Å². The lowest BCUT2D eigenvalue weighted by Gasteiger charge is -2.24. The van der Waals surface area contributed by atoms with Gasteiger partial charge in [-0.1, -0.05) is 36.9 Å². The number of hydrogen-bond donors (Lipinski definition) is 0. The number of nitrogens with zero attached hydrogens (tertiary/aromatic N) is 1. The first kappa shape index (κ1) is 15.6. The molecule has 1 aromatic rings. The lowest BCUT2D eigenvalue weighted by molar-refractivity contribution is 0.0718. The summed E-state index contributed by atoms with van der Waals surface area (Å²) in [4.78, 5) is 13.6. The van der Waals surface area contributed by atoms with E-state index in [-0.39, 0.29) is 12.2 Å². The summed E-state index contributed by atoms with van der Waals surface area (Å²) in [5, 5.41) is 0.757. The highest BCUT2D eigenvalue weighted by molar-refractivity contribution is 6.31. The maximum absolute atomic E-state index is 12.0. The van der Waals surface area contributed by atoms with Gasteiger partial charge in [0.05, 0.1) is 13.2 Å². The summed E-state index contributed by atoms with van der Waals surface area (Å²) in [5.41, 5.74) is 2.01. The predicted molar refractivity (Wildman–Crippen MR) is 86.8 cm³/mol. The van der Waals surface area contributed by atoms with Crippen molar-refractivity contribution < 1.29 is 14.3 Å². The molecule has 0 aromatic heterocycles. The number of halogens is 1. The Morgan fingerprint density at radius 3 is 2.77 bits per heavy atom. The van der Waals surface area contributed by atoms with Gasteiger partial charge in [-0.25, -0.2) is 4.79 Å². The molecular formula is C17H22ClNO3. The van der Waals surface area contributed by atoms with Crippen molar-refractivity contribution in [1.29, 1.82) is 0 Å². The lowest BCUT2D eigenvalue weighted by atomic mass is 9.84. The van der Waals surface area contributed by atoms with Crippen molar-refractivity contribution in [2.24, 2.45) is 0 Å². The van der Waals surface area contributed by atoms with Crippen LogP contribution in [0, 0.1) is 0 Å². The maximum Gasteiger partial charge on any atom is 0.414 e. The Hall–Kier alpha value is -1.26. The van der Waals surface area contributed by atoms with Gasteiger partial charge in [0.2, 0.25) is 0 Å². The minimum Gasteiger partial charge on any atom is -0.441 e. The number of anilines is 1. The molecule has 5 heteroatoms. The van der Waals surface area contributed by atoms with Crippen LogP contribution in [0.25, 0.3) is 0 Å². The van der Waals surface area contributed by atoms with Crippen LogP contribution >= 0.6 is 11.6 Å². The Kier molecular flexibility index (Phi) is 4.89. The Morgan fingerprint density at radius 2 is 2.09 bits per heavy atom. The number of cyclic esters (lactones) is 1. The van der Waals surface area contributed by atoms with Gasteiger partial charge in [-0.2, -0.15) is 0 Å². The summed E-state index contributed by atoms with van der Waals surface area (Å²) < 4.78 is 10.3. The Bertz CT molecular complexity index is 543. The average Bonchev–Trinajstić information content (AvgIpc) is 2.89. The molecule has 120 valence electrons. The van der Waals surface area contributed by atoms with Crippen LogP contribution in [0.5, 0.6) is 0 Å². The van der Waals surface area contributed by atoms with Gasteiger partial charge >= 0.3 is 6.09 Å². The lowest BCUT2D eigenvalue weighted by Crippen LogP contribution is -2.25. The van der Waals surface area contributed by atoms with Gasteiger partial charge in [-0.3, -0.25) is 4.90 Å². The summed E-state index contributed by atoms with van der Waals surface area (Å²) in [6.45, 7) is 0.919. The van der Waals surface area contributed by atoms with Crippen molar-refractivity contribution in [3.05, 3.63) is 28.8 Å². The zero-order valence-electron chi connectivity index (χ0n) is 12.9. The molecule has 2 aliphatic rings. The maximum atomic E-state index is 12.0. The topological polar surface area (TPSA) is 38.8 Å². The molecule has 1 heterocycles. The molecule has 1 saturated carbocycles. The van der Waals surface area contributed by atoms with E-state index in [0.29, 0.717) is 19.1 Å². The third-order valence-corrected chi connectivity index (χ3v) is 4.89. The SMILES string of the molecule is COCC1CN(c2ccc(C3CCCCC3)c(Cl)c2)C(=O)O1. The smallest absolute Gasteiger partial charge is 0.414 e. The normalized spacial score (nSPS) is 22.9. The van der Waals surface area contributed by atoms with Crippen LogP contribution in [-0.2, 0) is 9.47 Å². The zero-order valence-corrected chi connectivity index (χ0v) is 13.6. The van der Waals surface area contributed by atoms with Gasteiger partial charge in [0.1, 0.15) is 6.10 Å². The van der Waals surface area contributed by atoms with Crippen LogP contribution in [0.15, 0.2) is 18.2 Å². The number of amides is 1. The molecule has 1 aliphatic heterocycles. The van der Waals surface area contributed by atoms with E-state index in [4.69, 9.17) is 21.1 Å². The standard InChI is InChI=1S/C17H22ClNO3/c1-21-11-14-10-19(17(20)22-14)13-7-8-15(16(18)9-13)12-5-3-2-4-6-12/h7-9,12,14H,2-6,10-11H2,1H3. The van der Waals surface area contributed by atoms with Gasteiger partial charge < -0.3 is 9.47 Å². The molecule has 0 bridgehead atoms. The summed E-state index contributed by atoms with van der Waals surface area (Å²) in [5.74, 6) is 0.557. The first-order valence-corrected chi connectivity index (χ1v) is 8.33. The molecule has 1 aliphatic carbocycles. The number of benzene rings is 1. The molecule has 1 atom stereocenters. The van der Waals surface area contributed by atoms with Crippen LogP contribution in [0.3, 0.4) is 0 Å². The fraction of sp³-hybridized carbons (Fsp3) is 0.588. The van der Waals surface area contributed by atoms with Crippen molar-refractivity contribution in [2.75, 3.05) is 25.2 Å². The van der Waals surface area contributed by atoms with Crippen molar-refractivity contribution in [2.45, 2.75) is 44.1 Å². The molecule has 1 aromatic carbocycles. The average molecular weight is 324 g/mol.